The van der Waals surface area contributed by atoms with Crippen LogP contribution < -0.4 is 0 Å². The summed E-state index contributed by atoms with van der Waals surface area (Å²) in [6.07, 6.45) is 3.93. The predicted octanol–water partition coefficient (Wildman–Crippen LogP) is 6.30. The fourth-order valence-electron chi connectivity index (χ4n) is 4.89. The SMILES string of the molecule is CC1(C)C(N=C(C#N)C#N)=Cc2cc3sc4cc5c(cc4c3cc21)C(C)(C)C(N=C(C#N)C#N)=C5. The molecule has 0 aliphatic heterocycles. The van der Waals surface area contributed by atoms with Gasteiger partial charge in [0.2, 0.25) is 11.4 Å². The van der Waals surface area contributed by atoms with E-state index in [9.17, 15) is 0 Å². The molecule has 0 radical (unpaired) electrons. The van der Waals surface area contributed by atoms with Crippen LogP contribution in [0.2, 0.25) is 0 Å². The molecule has 6 nitrogen and oxygen atoms in total. The van der Waals surface area contributed by atoms with Crippen LogP contribution in [0.1, 0.15) is 49.9 Å². The Balaban J connectivity index is 1.68. The maximum atomic E-state index is 9.15. The minimum absolute atomic E-state index is 0.149. The van der Waals surface area contributed by atoms with Gasteiger partial charge in [-0.2, -0.15) is 21.0 Å². The zero-order valence-electron chi connectivity index (χ0n) is 19.6. The number of nitrogens with zero attached hydrogens (tertiary/aromatic N) is 6. The smallest absolute Gasteiger partial charge is 0.218 e. The molecule has 0 spiro atoms. The first kappa shape index (κ1) is 22.2. The summed E-state index contributed by atoms with van der Waals surface area (Å²) in [5.41, 5.74) is 4.53. The van der Waals surface area contributed by atoms with Crippen LogP contribution in [-0.2, 0) is 10.8 Å². The third kappa shape index (κ3) is 3.18. The van der Waals surface area contributed by atoms with E-state index in [1.165, 1.54) is 0 Å². The van der Waals surface area contributed by atoms with Crippen LogP contribution in [0.4, 0.5) is 0 Å². The van der Waals surface area contributed by atoms with E-state index in [0.717, 1.165) is 42.4 Å². The zero-order chi connectivity index (χ0) is 25.1. The van der Waals surface area contributed by atoms with Crippen LogP contribution >= 0.6 is 11.3 Å². The molecule has 0 fully saturated rings. The summed E-state index contributed by atoms with van der Waals surface area (Å²) in [7, 11) is 0. The average molecular weight is 471 g/mol. The van der Waals surface area contributed by atoms with Crippen molar-refractivity contribution in [1.82, 2.24) is 0 Å². The maximum absolute atomic E-state index is 9.15. The maximum Gasteiger partial charge on any atom is 0.218 e. The van der Waals surface area contributed by atoms with Crippen LogP contribution in [0.25, 0.3) is 32.3 Å². The van der Waals surface area contributed by atoms with Crippen LogP contribution in [0.3, 0.4) is 0 Å². The van der Waals surface area contributed by atoms with E-state index in [-0.39, 0.29) is 11.4 Å². The quantitative estimate of drug-likeness (QED) is 0.408. The number of rotatable bonds is 2. The second kappa shape index (κ2) is 7.48. The third-order valence-corrected chi connectivity index (χ3v) is 8.03. The van der Waals surface area contributed by atoms with Crippen molar-refractivity contribution < 1.29 is 0 Å². The highest BCUT2D eigenvalue weighted by molar-refractivity contribution is 7.25. The Labute approximate surface area is 206 Å². The van der Waals surface area contributed by atoms with Crippen molar-refractivity contribution in [3.63, 3.8) is 0 Å². The molecular weight excluding hydrogens is 452 g/mol. The molecular formula is C28H18N6S. The zero-order valence-corrected chi connectivity index (χ0v) is 20.4. The van der Waals surface area contributed by atoms with Gasteiger partial charge in [-0.3, -0.25) is 0 Å². The van der Waals surface area contributed by atoms with Gasteiger partial charge in [-0.25, -0.2) is 9.98 Å². The number of aliphatic imine (C=N–C) groups is 2. The second-order valence-electron chi connectivity index (χ2n) is 9.65. The number of benzene rings is 2. The van der Waals surface area contributed by atoms with Gasteiger partial charge in [0.25, 0.3) is 0 Å². The van der Waals surface area contributed by atoms with Crippen LogP contribution in [0, 0.1) is 45.3 Å². The molecule has 2 aliphatic rings. The summed E-state index contributed by atoms with van der Waals surface area (Å²) < 4.78 is 2.30. The molecule has 2 aliphatic carbocycles. The molecule has 5 rings (SSSR count). The minimum atomic E-state index is -0.443. The van der Waals surface area contributed by atoms with Crippen LogP contribution in [0.15, 0.2) is 45.6 Å². The number of fused-ring (bicyclic) bond motifs is 5. The van der Waals surface area contributed by atoms with Gasteiger partial charge >= 0.3 is 0 Å². The van der Waals surface area contributed by atoms with Crippen molar-refractivity contribution in [3.8, 4) is 24.3 Å². The van der Waals surface area contributed by atoms with Crippen molar-refractivity contribution in [3.05, 3.63) is 57.9 Å². The Morgan fingerprint density at radius 1 is 0.657 bits per heavy atom. The fraction of sp³-hybridized carbons (Fsp3) is 0.214. The molecule has 1 heterocycles. The third-order valence-electron chi connectivity index (χ3n) is 6.91. The molecule has 1 aromatic heterocycles. The summed E-state index contributed by atoms with van der Waals surface area (Å²) in [5, 5.41) is 38.9. The Hall–Kier alpha value is -4.56. The molecule has 2 aromatic carbocycles. The van der Waals surface area contributed by atoms with Gasteiger partial charge in [0, 0.05) is 31.0 Å². The fourth-order valence-corrected chi connectivity index (χ4v) is 6.05. The Morgan fingerprint density at radius 2 is 1.03 bits per heavy atom. The molecule has 0 amide bonds. The molecule has 0 N–H and O–H groups in total. The number of hydrogen-bond donors (Lipinski definition) is 0. The summed E-state index contributed by atoms with van der Waals surface area (Å²) >= 11 is 1.70. The lowest BCUT2D eigenvalue weighted by molar-refractivity contribution is 0.633. The Bertz CT molecular complexity index is 1620. The van der Waals surface area contributed by atoms with E-state index in [2.05, 4.69) is 61.9 Å². The molecule has 35 heavy (non-hydrogen) atoms. The van der Waals surface area contributed by atoms with E-state index in [1.54, 1.807) is 11.3 Å². The topological polar surface area (TPSA) is 120 Å². The van der Waals surface area contributed by atoms with Gasteiger partial charge in [-0.1, -0.05) is 27.7 Å². The number of thiophene rings is 1. The first-order valence-corrected chi connectivity index (χ1v) is 11.7. The highest BCUT2D eigenvalue weighted by atomic mass is 32.1. The summed E-state index contributed by atoms with van der Waals surface area (Å²) in [5.74, 6) is 0. The standard InChI is InChI=1S/C28H18N6S/c1-27(2)21-9-19-20-10-22-16(8-26(28(22,3)4)34-18(13-31)14-32)6-24(20)35-23(19)5-15(21)7-25(27)33-17(11-29)12-30/h5-10H,1-4H3. The number of hydrogen-bond acceptors (Lipinski definition) is 7. The summed E-state index contributed by atoms with van der Waals surface area (Å²) in [6, 6.07) is 16.1. The van der Waals surface area contributed by atoms with E-state index in [1.807, 2.05) is 36.4 Å². The first-order valence-electron chi connectivity index (χ1n) is 10.9. The van der Waals surface area contributed by atoms with Crippen molar-refractivity contribution in [1.29, 1.82) is 21.0 Å². The number of nitriles is 4. The minimum Gasteiger partial charge on any atom is -0.231 e. The molecule has 0 unspecified atom stereocenters. The van der Waals surface area contributed by atoms with Gasteiger partial charge < -0.3 is 0 Å². The molecule has 0 bridgehead atoms. The lowest BCUT2D eigenvalue weighted by Crippen LogP contribution is -2.17. The highest BCUT2D eigenvalue weighted by Gasteiger charge is 2.36. The molecule has 166 valence electrons. The van der Waals surface area contributed by atoms with E-state index in [4.69, 9.17) is 21.0 Å². The highest BCUT2D eigenvalue weighted by Crippen LogP contribution is 2.49. The van der Waals surface area contributed by atoms with Crippen molar-refractivity contribution >= 4 is 55.1 Å². The normalized spacial score (nSPS) is 16.1. The molecule has 3 aromatic rings. The molecule has 0 saturated heterocycles. The lowest BCUT2D eigenvalue weighted by atomic mass is 9.83. The molecule has 7 heteroatoms. The lowest BCUT2D eigenvalue weighted by Gasteiger charge is -2.22. The monoisotopic (exact) mass is 470 g/mol. The second-order valence-corrected chi connectivity index (χ2v) is 10.7. The largest absolute Gasteiger partial charge is 0.231 e. The van der Waals surface area contributed by atoms with Gasteiger partial charge in [-0.05, 0) is 58.7 Å². The van der Waals surface area contributed by atoms with E-state index >= 15 is 0 Å². The Morgan fingerprint density at radius 3 is 1.37 bits per heavy atom. The first-order chi connectivity index (χ1) is 16.6. The van der Waals surface area contributed by atoms with Gasteiger partial charge in [0.1, 0.15) is 24.3 Å². The van der Waals surface area contributed by atoms with E-state index < -0.39 is 10.8 Å². The van der Waals surface area contributed by atoms with E-state index in [0.29, 0.717) is 11.4 Å². The van der Waals surface area contributed by atoms with Gasteiger partial charge in [-0.15, -0.1) is 11.3 Å². The Kier molecular flexibility index (Phi) is 4.75. The molecule has 0 atom stereocenters. The number of allylic oxidation sites excluding steroid dienone is 2. The predicted molar refractivity (Wildman–Crippen MR) is 139 cm³/mol. The van der Waals surface area contributed by atoms with Crippen molar-refractivity contribution in [2.45, 2.75) is 38.5 Å². The van der Waals surface area contributed by atoms with Crippen LogP contribution in [0.5, 0.6) is 0 Å². The van der Waals surface area contributed by atoms with Gasteiger partial charge in [0.15, 0.2) is 0 Å². The van der Waals surface area contributed by atoms with Crippen molar-refractivity contribution in [2.75, 3.05) is 0 Å². The van der Waals surface area contributed by atoms with Crippen molar-refractivity contribution in [2.24, 2.45) is 9.98 Å². The molecule has 0 saturated carbocycles. The average Bonchev–Trinajstić information content (AvgIpc) is 3.39. The van der Waals surface area contributed by atoms with Gasteiger partial charge in [0.05, 0.1) is 11.4 Å². The summed E-state index contributed by atoms with van der Waals surface area (Å²) in [6.45, 7) is 8.21. The summed E-state index contributed by atoms with van der Waals surface area (Å²) in [4.78, 5) is 8.65. The van der Waals surface area contributed by atoms with Crippen LogP contribution in [-0.4, -0.2) is 11.4 Å².